The number of carbonyl (C=O) groups excluding carboxylic acids is 3. The molecule has 0 radical (unpaired) electrons. The molecule has 1 aromatic rings. The first-order valence-corrected chi connectivity index (χ1v) is 14.1. The third-order valence-electron chi connectivity index (χ3n) is 6.17. The van der Waals surface area contributed by atoms with Crippen molar-refractivity contribution < 1.29 is 24.3 Å². The Morgan fingerprint density at radius 3 is 2.03 bits per heavy atom. The number of carboxylic acids is 1. The van der Waals surface area contributed by atoms with E-state index in [4.69, 9.17) is 0 Å². The number of H-pyrrole nitrogens is 1. The van der Waals surface area contributed by atoms with Gasteiger partial charge in [0.25, 0.3) is 0 Å². The van der Waals surface area contributed by atoms with Crippen LogP contribution in [0.2, 0.25) is 0 Å². The lowest BCUT2D eigenvalue weighted by atomic mass is 10.1. The summed E-state index contributed by atoms with van der Waals surface area (Å²) in [7, 11) is 0. The van der Waals surface area contributed by atoms with Crippen molar-refractivity contribution in [3.8, 4) is 0 Å². The van der Waals surface area contributed by atoms with E-state index in [1.54, 1.807) is 0 Å². The first-order chi connectivity index (χ1) is 18.4. The molecule has 1 aromatic heterocycles. The molecule has 10 nitrogen and oxygen atoms in total. The number of nitrogens with zero attached hydrogens (tertiary/aromatic N) is 1. The Kier molecular flexibility index (Phi) is 18.9. The molecule has 0 bridgehead atoms. The molecule has 0 aliphatic heterocycles. The van der Waals surface area contributed by atoms with Crippen molar-refractivity contribution in [3.05, 3.63) is 30.4 Å². The summed E-state index contributed by atoms with van der Waals surface area (Å²) >= 11 is 0. The van der Waals surface area contributed by atoms with Crippen molar-refractivity contribution in [1.29, 1.82) is 0 Å². The topological polar surface area (TPSA) is 153 Å². The Labute approximate surface area is 226 Å². The number of aliphatic carboxylic acids is 1. The highest BCUT2D eigenvalue weighted by Crippen LogP contribution is 2.10. The zero-order valence-corrected chi connectivity index (χ0v) is 22.9. The number of hydrogen-bond donors (Lipinski definition) is 5. The third kappa shape index (κ3) is 18.1. The zero-order chi connectivity index (χ0) is 27.8. The molecule has 1 rings (SSSR count). The number of amides is 3. The molecule has 1 atom stereocenters. The molecule has 0 unspecified atom stereocenters. The van der Waals surface area contributed by atoms with Crippen molar-refractivity contribution in [2.24, 2.45) is 0 Å². The van der Waals surface area contributed by atoms with Gasteiger partial charge in [0.05, 0.1) is 19.4 Å². The van der Waals surface area contributed by atoms with Gasteiger partial charge in [-0.2, -0.15) is 0 Å². The van der Waals surface area contributed by atoms with Crippen LogP contribution in [-0.2, 0) is 25.6 Å². The molecule has 0 fully saturated rings. The fraction of sp³-hybridized carbons (Fsp3) is 0.679. The summed E-state index contributed by atoms with van der Waals surface area (Å²) in [5.74, 6) is -2.54. The van der Waals surface area contributed by atoms with Crippen LogP contribution in [0.5, 0.6) is 0 Å². The fourth-order valence-electron chi connectivity index (χ4n) is 3.93. The molecule has 0 aliphatic rings. The van der Waals surface area contributed by atoms with Gasteiger partial charge in [-0.25, -0.2) is 9.78 Å². The zero-order valence-electron chi connectivity index (χ0n) is 22.9. The number of allylic oxidation sites excluding steroid dienone is 2. The summed E-state index contributed by atoms with van der Waals surface area (Å²) in [5, 5.41) is 16.5. The van der Waals surface area contributed by atoms with Crippen LogP contribution in [0.1, 0.15) is 103 Å². The molecule has 0 saturated heterocycles. The quantitative estimate of drug-likeness (QED) is 0.107. The monoisotopic (exact) mass is 533 g/mol. The number of aromatic nitrogens is 2. The van der Waals surface area contributed by atoms with Crippen LogP contribution >= 0.6 is 0 Å². The van der Waals surface area contributed by atoms with Crippen LogP contribution in [0.3, 0.4) is 0 Å². The van der Waals surface area contributed by atoms with Crippen molar-refractivity contribution in [2.45, 2.75) is 109 Å². The summed E-state index contributed by atoms with van der Waals surface area (Å²) in [4.78, 5) is 53.8. The van der Waals surface area contributed by atoms with Crippen molar-refractivity contribution in [3.63, 3.8) is 0 Å². The summed E-state index contributed by atoms with van der Waals surface area (Å²) < 4.78 is 0. The van der Waals surface area contributed by atoms with Crippen LogP contribution in [-0.4, -0.2) is 57.9 Å². The molecule has 3 amide bonds. The highest BCUT2D eigenvalue weighted by molar-refractivity contribution is 5.89. The minimum absolute atomic E-state index is 0.0431. The molecule has 10 heteroatoms. The Balaban J connectivity index is 1.99. The molecule has 5 N–H and O–H groups in total. The Morgan fingerprint density at radius 1 is 0.842 bits per heavy atom. The van der Waals surface area contributed by atoms with Crippen LogP contribution in [0.25, 0.3) is 0 Å². The molecule has 1 heterocycles. The van der Waals surface area contributed by atoms with E-state index in [2.05, 4.69) is 45.0 Å². The lowest BCUT2D eigenvalue weighted by molar-refractivity contribution is -0.141. The number of nitrogens with one attached hydrogen (secondary N) is 4. The van der Waals surface area contributed by atoms with Gasteiger partial charge < -0.3 is 26.0 Å². The van der Waals surface area contributed by atoms with E-state index in [9.17, 15) is 24.3 Å². The first kappa shape index (κ1) is 32.9. The van der Waals surface area contributed by atoms with E-state index in [0.29, 0.717) is 12.1 Å². The van der Waals surface area contributed by atoms with Gasteiger partial charge in [-0.1, -0.05) is 70.4 Å². The average Bonchev–Trinajstić information content (AvgIpc) is 3.41. The van der Waals surface area contributed by atoms with Crippen LogP contribution < -0.4 is 16.0 Å². The normalized spacial score (nSPS) is 11.8. The van der Waals surface area contributed by atoms with Gasteiger partial charge in [0, 0.05) is 24.7 Å². The van der Waals surface area contributed by atoms with E-state index < -0.39 is 23.8 Å². The van der Waals surface area contributed by atoms with Crippen LogP contribution in [0.15, 0.2) is 24.7 Å². The highest BCUT2D eigenvalue weighted by atomic mass is 16.4. The number of carboxylic acid groups (broad SMARTS) is 1. The maximum atomic E-state index is 12.0. The predicted octanol–water partition coefficient (Wildman–Crippen LogP) is 3.79. The fourth-order valence-corrected chi connectivity index (χ4v) is 3.93. The van der Waals surface area contributed by atoms with E-state index in [1.165, 1.54) is 63.9 Å². The van der Waals surface area contributed by atoms with E-state index in [-0.39, 0.29) is 25.4 Å². The van der Waals surface area contributed by atoms with Crippen molar-refractivity contribution in [1.82, 2.24) is 25.9 Å². The molecule has 0 aromatic carbocycles. The SMILES string of the molecule is CCCCCCCCC=CCCCCCCCC(=O)NCC(=O)NCC(=O)N[C@@H](Cc1cnc[nH]1)C(=O)O. The molecule has 0 aliphatic carbocycles. The van der Waals surface area contributed by atoms with E-state index in [1.807, 2.05) is 0 Å². The second kappa shape index (κ2) is 21.9. The van der Waals surface area contributed by atoms with Crippen LogP contribution in [0.4, 0.5) is 0 Å². The van der Waals surface area contributed by atoms with Crippen molar-refractivity contribution >= 4 is 23.7 Å². The smallest absolute Gasteiger partial charge is 0.326 e. The lowest BCUT2D eigenvalue weighted by Gasteiger charge is -2.14. The summed E-state index contributed by atoms with van der Waals surface area (Å²) in [6.45, 7) is 1.63. The largest absolute Gasteiger partial charge is 0.480 e. The van der Waals surface area contributed by atoms with Gasteiger partial charge >= 0.3 is 5.97 Å². The minimum atomic E-state index is -1.19. The maximum absolute atomic E-state index is 12.0. The molecular formula is C28H47N5O5. The summed E-state index contributed by atoms with van der Waals surface area (Å²) in [6, 6.07) is -1.15. The second-order valence-corrected chi connectivity index (χ2v) is 9.63. The molecule has 0 spiro atoms. The lowest BCUT2D eigenvalue weighted by Crippen LogP contribution is -2.47. The van der Waals surface area contributed by atoms with E-state index in [0.717, 1.165) is 32.1 Å². The highest BCUT2D eigenvalue weighted by Gasteiger charge is 2.21. The van der Waals surface area contributed by atoms with Gasteiger partial charge in [0.15, 0.2) is 0 Å². The molecular weight excluding hydrogens is 486 g/mol. The average molecular weight is 534 g/mol. The summed E-state index contributed by atoms with van der Waals surface area (Å²) in [6.07, 6.45) is 23.4. The summed E-state index contributed by atoms with van der Waals surface area (Å²) in [5.41, 5.74) is 0.565. The van der Waals surface area contributed by atoms with Gasteiger partial charge in [0.1, 0.15) is 6.04 Å². The number of carbonyl (C=O) groups is 4. The number of imidazole rings is 1. The first-order valence-electron chi connectivity index (χ1n) is 14.1. The maximum Gasteiger partial charge on any atom is 0.326 e. The minimum Gasteiger partial charge on any atom is -0.480 e. The number of hydrogen-bond acceptors (Lipinski definition) is 5. The standard InChI is InChI=1S/C28H47N5O5/c1-2-3-4-5-6-7-8-9-10-11-12-13-14-15-16-17-25(34)30-20-26(35)31-21-27(36)33-24(28(37)38)18-23-19-29-22-32-23/h9-10,19,22,24H,2-8,11-18,20-21H2,1H3,(H,29,32)(H,30,34)(H,31,35)(H,33,36)(H,37,38)/t24-/m0/s1. The Bertz CT molecular complexity index is 826. The second-order valence-electron chi connectivity index (χ2n) is 9.63. The Morgan fingerprint density at radius 2 is 1.42 bits per heavy atom. The van der Waals surface area contributed by atoms with Gasteiger partial charge in [0.2, 0.25) is 17.7 Å². The van der Waals surface area contributed by atoms with Gasteiger partial charge in [-0.15, -0.1) is 0 Å². The third-order valence-corrected chi connectivity index (χ3v) is 6.17. The molecule has 38 heavy (non-hydrogen) atoms. The van der Waals surface area contributed by atoms with Crippen molar-refractivity contribution in [2.75, 3.05) is 13.1 Å². The van der Waals surface area contributed by atoms with E-state index >= 15 is 0 Å². The van der Waals surface area contributed by atoms with Crippen LogP contribution in [0, 0.1) is 0 Å². The Hall–Kier alpha value is -3.17. The number of unbranched alkanes of at least 4 members (excludes halogenated alkanes) is 11. The van der Waals surface area contributed by atoms with Gasteiger partial charge in [-0.3, -0.25) is 14.4 Å². The number of aromatic amines is 1. The molecule has 214 valence electrons. The van der Waals surface area contributed by atoms with Gasteiger partial charge in [-0.05, 0) is 32.1 Å². The predicted molar refractivity (Wildman–Crippen MR) is 147 cm³/mol. The molecule has 0 saturated carbocycles. The number of rotatable bonds is 23.